The Morgan fingerprint density at radius 2 is 2.00 bits per heavy atom. The van der Waals surface area contributed by atoms with Crippen LogP contribution in [-0.4, -0.2) is 53.6 Å². The molecule has 0 aliphatic carbocycles. The SMILES string of the molecule is CCOc1cc(/C=C2/NC(=O)N(CC(=O)O)C2=O)ccc1OCC(N)=O. The van der Waals surface area contributed by atoms with Gasteiger partial charge < -0.3 is 25.6 Å². The molecule has 0 bridgehead atoms. The highest BCUT2D eigenvalue weighted by Gasteiger charge is 2.34. The Bertz CT molecular complexity index is 788. The molecule has 10 heteroatoms. The third-order valence-electron chi connectivity index (χ3n) is 3.20. The van der Waals surface area contributed by atoms with Crippen LogP contribution in [0.3, 0.4) is 0 Å². The van der Waals surface area contributed by atoms with Crippen LogP contribution in [0, 0.1) is 0 Å². The summed E-state index contributed by atoms with van der Waals surface area (Å²) >= 11 is 0. The number of ether oxygens (including phenoxy) is 2. The Labute approximate surface area is 148 Å². The second kappa shape index (κ2) is 8.01. The average molecular weight is 363 g/mol. The number of hydrogen-bond donors (Lipinski definition) is 3. The standard InChI is InChI=1S/C16H17N3O7/c1-2-25-12-6-9(3-4-11(12)26-8-13(17)20)5-10-15(23)19(7-14(21)22)16(24)18-10/h3-6H,2,7-8H2,1H3,(H2,17,20)(H,18,24)(H,21,22)/b10-5+. The number of primary amides is 1. The van der Waals surface area contributed by atoms with E-state index < -0.39 is 30.4 Å². The Kier molecular flexibility index (Phi) is 5.78. The number of carboxylic acids is 1. The van der Waals surface area contributed by atoms with Gasteiger partial charge in [0, 0.05) is 0 Å². The fraction of sp³-hybridized carbons (Fsp3) is 0.250. The zero-order valence-corrected chi connectivity index (χ0v) is 13.9. The highest BCUT2D eigenvalue weighted by Crippen LogP contribution is 2.29. The number of benzene rings is 1. The van der Waals surface area contributed by atoms with E-state index in [0.29, 0.717) is 28.6 Å². The van der Waals surface area contributed by atoms with E-state index in [1.165, 1.54) is 12.1 Å². The van der Waals surface area contributed by atoms with Gasteiger partial charge in [0.2, 0.25) is 0 Å². The number of imide groups is 1. The van der Waals surface area contributed by atoms with Crippen molar-refractivity contribution < 1.29 is 33.8 Å². The largest absolute Gasteiger partial charge is 0.490 e. The zero-order valence-electron chi connectivity index (χ0n) is 13.9. The molecule has 1 aromatic rings. The van der Waals surface area contributed by atoms with Crippen molar-refractivity contribution in [3.63, 3.8) is 0 Å². The van der Waals surface area contributed by atoms with E-state index in [1.807, 2.05) is 0 Å². The fourth-order valence-corrected chi connectivity index (χ4v) is 2.17. The van der Waals surface area contributed by atoms with Crippen molar-refractivity contribution in [2.45, 2.75) is 6.92 Å². The second-order valence-corrected chi connectivity index (χ2v) is 5.17. The molecule has 0 spiro atoms. The van der Waals surface area contributed by atoms with Crippen LogP contribution in [0.25, 0.3) is 6.08 Å². The van der Waals surface area contributed by atoms with E-state index in [2.05, 4.69) is 5.32 Å². The average Bonchev–Trinajstić information content (AvgIpc) is 2.81. The summed E-state index contributed by atoms with van der Waals surface area (Å²) in [6.45, 7) is 1.04. The molecule has 1 aliphatic rings. The van der Waals surface area contributed by atoms with Crippen LogP contribution in [0.15, 0.2) is 23.9 Å². The lowest BCUT2D eigenvalue weighted by Gasteiger charge is -2.11. The molecule has 1 heterocycles. The van der Waals surface area contributed by atoms with Crippen LogP contribution in [-0.2, 0) is 14.4 Å². The van der Waals surface area contributed by atoms with Crippen LogP contribution in [0.2, 0.25) is 0 Å². The molecule has 10 nitrogen and oxygen atoms in total. The van der Waals surface area contributed by atoms with Gasteiger partial charge >= 0.3 is 12.0 Å². The predicted molar refractivity (Wildman–Crippen MR) is 88.2 cm³/mol. The van der Waals surface area contributed by atoms with Crippen LogP contribution in [0.5, 0.6) is 11.5 Å². The number of carbonyl (C=O) groups is 4. The number of carbonyl (C=O) groups excluding carboxylic acids is 3. The van der Waals surface area contributed by atoms with Gasteiger partial charge in [-0.05, 0) is 30.7 Å². The van der Waals surface area contributed by atoms with Gasteiger partial charge in [-0.1, -0.05) is 6.07 Å². The van der Waals surface area contributed by atoms with Gasteiger partial charge in [0.1, 0.15) is 12.2 Å². The molecule has 0 saturated carbocycles. The number of urea groups is 1. The highest BCUT2D eigenvalue weighted by atomic mass is 16.5. The summed E-state index contributed by atoms with van der Waals surface area (Å²) in [5, 5.41) is 11.1. The monoisotopic (exact) mass is 363 g/mol. The molecule has 4 N–H and O–H groups in total. The van der Waals surface area contributed by atoms with Crippen molar-refractivity contribution in [1.29, 1.82) is 0 Å². The third kappa shape index (κ3) is 4.50. The lowest BCUT2D eigenvalue weighted by molar-refractivity contribution is -0.140. The number of aliphatic carboxylic acids is 1. The summed E-state index contributed by atoms with van der Waals surface area (Å²) in [6, 6.07) is 3.84. The number of nitrogens with two attached hydrogens (primary N) is 1. The predicted octanol–water partition coefficient (Wildman–Crippen LogP) is -0.0733. The van der Waals surface area contributed by atoms with E-state index in [1.54, 1.807) is 19.1 Å². The highest BCUT2D eigenvalue weighted by molar-refractivity contribution is 6.15. The molecule has 138 valence electrons. The first kappa shape index (κ1) is 18.8. The number of nitrogens with zero attached hydrogens (tertiary/aromatic N) is 1. The van der Waals surface area contributed by atoms with Crippen molar-refractivity contribution in [1.82, 2.24) is 10.2 Å². The summed E-state index contributed by atoms with van der Waals surface area (Å²) in [5.41, 5.74) is 5.48. The number of hydrogen-bond acceptors (Lipinski definition) is 6. The maximum atomic E-state index is 12.1. The van der Waals surface area contributed by atoms with Gasteiger partial charge in [-0.2, -0.15) is 0 Å². The van der Waals surface area contributed by atoms with Crippen molar-refractivity contribution in [2.75, 3.05) is 19.8 Å². The number of amides is 4. The molecule has 4 amide bonds. The van der Waals surface area contributed by atoms with Gasteiger partial charge in [-0.3, -0.25) is 14.4 Å². The molecule has 26 heavy (non-hydrogen) atoms. The Morgan fingerprint density at radius 1 is 1.27 bits per heavy atom. The van der Waals surface area contributed by atoms with Crippen LogP contribution in [0.4, 0.5) is 4.79 Å². The molecular formula is C16H17N3O7. The molecule has 1 aliphatic heterocycles. The molecule has 0 radical (unpaired) electrons. The van der Waals surface area contributed by atoms with E-state index >= 15 is 0 Å². The number of nitrogens with one attached hydrogen (secondary N) is 1. The zero-order chi connectivity index (χ0) is 19.3. The van der Waals surface area contributed by atoms with Gasteiger partial charge in [0.05, 0.1) is 6.61 Å². The van der Waals surface area contributed by atoms with Gasteiger partial charge in [0.25, 0.3) is 11.8 Å². The first-order valence-electron chi connectivity index (χ1n) is 7.56. The lowest BCUT2D eigenvalue weighted by Crippen LogP contribution is -2.35. The molecular weight excluding hydrogens is 346 g/mol. The molecule has 1 aromatic carbocycles. The summed E-state index contributed by atoms with van der Waals surface area (Å²) in [4.78, 5) is 45.9. The van der Waals surface area contributed by atoms with Crippen molar-refractivity contribution >= 4 is 29.9 Å². The van der Waals surface area contributed by atoms with Crippen LogP contribution >= 0.6 is 0 Å². The molecule has 1 saturated heterocycles. The van der Waals surface area contributed by atoms with Crippen molar-refractivity contribution in [3.05, 3.63) is 29.5 Å². The van der Waals surface area contributed by atoms with Crippen molar-refractivity contribution in [3.8, 4) is 11.5 Å². The number of carboxylic acid groups (broad SMARTS) is 1. The molecule has 1 fully saturated rings. The van der Waals surface area contributed by atoms with Crippen LogP contribution in [0.1, 0.15) is 12.5 Å². The first-order chi connectivity index (χ1) is 12.3. The van der Waals surface area contributed by atoms with Gasteiger partial charge in [-0.25, -0.2) is 9.69 Å². The molecule has 0 atom stereocenters. The maximum absolute atomic E-state index is 12.1. The topological polar surface area (TPSA) is 148 Å². The summed E-state index contributed by atoms with van der Waals surface area (Å²) in [7, 11) is 0. The first-order valence-corrected chi connectivity index (χ1v) is 7.56. The lowest BCUT2D eigenvalue weighted by atomic mass is 10.1. The Morgan fingerprint density at radius 3 is 2.62 bits per heavy atom. The summed E-state index contributed by atoms with van der Waals surface area (Å²) < 4.78 is 10.7. The minimum Gasteiger partial charge on any atom is -0.490 e. The minimum absolute atomic E-state index is 0.0653. The minimum atomic E-state index is -1.30. The quantitative estimate of drug-likeness (QED) is 0.432. The normalized spacial score (nSPS) is 15.1. The Balaban J connectivity index is 2.25. The van der Waals surface area contributed by atoms with E-state index in [9.17, 15) is 19.2 Å². The number of rotatable bonds is 8. The smallest absolute Gasteiger partial charge is 0.329 e. The maximum Gasteiger partial charge on any atom is 0.329 e. The van der Waals surface area contributed by atoms with E-state index in [0.717, 1.165) is 0 Å². The van der Waals surface area contributed by atoms with Crippen LogP contribution < -0.4 is 20.5 Å². The third-order valence-corrected chi connectivity index (χ3v) is 3.20. The summed E-state index contributed by atoms with van der Waals surface area (Å²) in [6.07, 6.45) is 1.38. The molecule has 2 rings (SSSR count). The van der Waals surface area contributed by atoms with Gasteiger partial charge in [-0.15, -0.1) is 0 Å². The second-order valence-electron chi connectivity index (χ2n) is 5.17. The van der Waals surface area contributed by atoms with Crippen molar-refractivity contribution in [2.24, 2.45) is 5.73 Å². The van der Waals surface area contributed by atoms with E-state index in [4.69, 9.17) is 20.3 Å². The summed E-state index contributed by atoms with van der Waals surface area (Å²) in [5.74, 6) is -2.07. The molecule has 0 aromatic heterocycles. The molecule has 0 unspecified atom stereocenters. The van der Waals surface area contributed by atoms with E-state index in [-0.39, 0.29) is 12.3 Å². The van der Waals surface area contributed by atoms with Gasteiger partial charge in [0.15, 0.2) is 18.1 Å². The Hall–Kier alpha value is -3.56. The fourth-order valence-electron chi connectivity index (χ4n) is 2.17.